The van der Waals surface area contributed by atoms with Gasteiger partial charge in [-0.2, -0.15) is 19.9 Å². The Balaban J connectivity index is 0.000000161. The Morgan fingerprint density at radius 2 is 0.740 bits per heavy atom. The summed E-state index contributed by atoms with van der Waals surface area (Å²) >= 11 is 8.49. The smallest absolute Gasteiger partial charge is 0.238 e. The molecule has 0 fully saturated rings. The number of hydrogen-bond acceptors (Lipinski definition) is 13. The molecule has 4 heterocycles. The number of rotatable bonds is 6. The Bertz CT molecular complexity index is 3130. The summed E-state index contributed by atoms with van der Waals surface area (Å²) in [6.07, 6.45) is 1.04. The summed E-state index contributed by atoms with van der Waals surface area (Å²) in [6, 6.07) is 72.8. The normalized spacial score (nSPS) is 11.2. The van der Waals surface area contributed by atoms with Crippen molar-refractivity contribution in [2.45, 2.75) is 6.42 Å². The zero-order valence-electron chi connectivity index (χ0n) is 40.1. The molecule has 73 heavy (non-hydrogen) atoms. The van der Waals surface area contributed by atoms with Crippen molar-refractivity contribution in [2.75, 3.05) is 15.5 Å². The molecule has 10 aromatic rings. The van der Waals surface area contributed by atoms with E-state index in [1.807, 2.05) is 146 Å². The third kappa shape index (κ3) is 15.7. The van der Waals surface area contributed by atoms with Gasteiger partial charge in [-0.05, 0) is 63.7 Å². The summed E-state index contributed by atoms with van der Waals surface area (Å²) in [7, 11) is -3.15. The van der Waals surface area contributed by atoms with Crippen molar-refractivity contribution in [3.63, 3.8) is 0 Å². The number of nitrogens with one attached hydrogen (secondary N) is 2. The molecule has 18 heteroatoms. The fourth-order valence-corrected chi connectivity index (χ4v) is 7.82. The van der Waals surface area contributed by atoms with E-state index in [9.17, 15) is 0 Å². The number of anilines is 7. The SMILES string of the molecule is Clc1nc(-c2ccccc2)nc(-c2ccccc2)n1.O=[P+]([O-])O[O-].[K+].[K][K].c1ccc(-c2nc(-c3ccccc3)nc(N3c4ccccc4Nc4ccccc43)n2)cc1.c1ccc2c(c1)Cc1ccccc1N2. The van der Waals surface area contributed by atoms with Crippen LogP contribution in [0.2, 0.25) is 5.28 Å². The minimum atomic E-state index is -3.15. The summed E-state index contributed by atoms with van der Waals surface area (Å²) in [4.78, 5) is 38.5. The molecule has 0 amide bonds. The third-order valence-corrected chi connectivity index (χ3v) is 11.2. The Labute approximate surface area is 516 Å². The van der Waals surface area contributed by atoms with Crippen molar-refractivity contribution in [2.24, 2.45) is 0 Å². The molecule has 2 aliphatic heterocycles. The minimum Gasteiger partial charge on any atom is -0.355 e. The topological polar surface area (TPSA) is 177 Å². The van der Waals surface area contributed by atoms with Crippen LogP contribution in [0.1, 0.15) is 11.1 Å². The van der Waals surface area contributed by atoms with Crippen LogP contribution < -0.4 is 77.1 Å². The third-order valence-electron chi connectivity index (χ3n) is 10.9. The van der Waals surface area contributed by atoms with Gasteiger partial charge < -0.3 is 20.8 Å². The zero-order chi connectivity index (χ0) is 50.1. The average Bonchev–Trinajstić information content (AvgIpc) is 3.45. The summed E-state index contributed by atoms with van der Waals surface area (Å²) < 4.78 is 11.3. The molecule has 0 spiro atoms. The average molecular weight is 1070 g/mol. The van der Waals surface area contributed by atoms with Crippen LogP contribution in [-0.4, -0.2) is 93.1 Å². The molecule has 2 aromatic heterocycles. The molecule has 13 nitrogen and oxygen atoms in total. The van der Waals surface area contributed by atoms with Gasteiger partial charge in [0, 0.05) is 40.0 Å². The molecule has 1 unspecified atom stereocenters. The van der Waals surface area contributed by atoms with Gasteiger partial charge in [-0.15, -0.1) is 0 Å². The molecule has 0 bridgehead atoms. The van der Waals surface area contributed by atoms with E-state index in [0.29, 0.717) is 29.2 Å². The first-order valence-electron chi connectivity index (χ1n) is 22.9. The van der Waals surface area contributed by atoms with Crippen LogP contribution in [0.15, 0.2) is 218 Å². The van der Waals surface area contributed by atoms with E-state index in [4.69, 9.17) is 41.3 Å². The van der Waals surface area contributed by atoms with E-state index in [0.717, 1.165) is 51.4 Å². The van der Waals surface area contributed by atoms with Gasteiger partial charge in [-0.25, -0.2) is 14.6 Å². The number of benzene rings is 8. The Morgan fingerprint density at radius 3 is 1.10 bits per heavy atom. The van der Waals surface area contributed by atoms with Gasteiger partial charge in [0.2, 0.25) is 11.2 Å². The van der Waals surface area contributed by atoms with Crippen molar-refractivity contribution in [3.05, 3.63) is 235 Å². The fraction of sp³-hybridized carbons (Fsp3) is 0.0182. The number of fused-ring (bicyclic) bond motifs is 4. The second kappa shape index (κ2) is 29.6. The first kappa shape index (κ1) is 57.1. The van der Waals surface area contributed by atoms with E-state index < -0.39 is 8.25 Å². The maximum Gasteiger partial charge on any atom is 0.238 e. The molecular formula is C55H40ClK3N9O4P. The van der Waals surface area contributed by atoms with Crippen LogP contribution in [0.5, 0.6) is 0 Å². The number of nitrogens with zero attached hydrogens (tertiary/aromatic N) is 7. The maximum atomic E-state index is 8.87. The monoisotopic (exact) mass is 1070 g/mol. The Morgan fingerprint density at radius 1 is 0.452 bits per heavy atom. The second-order valence-electron chi connectivity index (χ2n) is 15.4. The van der Waals surface area contributed by atoms with E-state index in [2.05, 4.69) is 108 Å². The molecule has 12 rings (SSSR count). The summed E-state index contributed by atoms with van der Waals surface area (Å²) in [5.41, 5.74) is 13.0. The minimum absolute atomic E-state index is 0. The van der Waals surface area contributed by atoms with E-state index in [1.54, 1.807) is 0 Å². The first-order valence-corrected chi connectivity index (χ1v) is 40.4. The predicted octanol–water partition coefficient (Wildman–Crippen LogP) is 8.46. The summed E-state index contributed by atoms with van der Waals surface area (Å²) in [6.45, 7) is 0. The molecule has 2 aliphatic rings. The number of aromatic nitrogens is 6. The van der Waals surface area contributed by atoms with Crippen molar-refractivity contribution in [1.29, 1.82) is 0 Å². The summed E-state index contributed by atoms with van der Waals surface area (Å²) in [5.74, 6) is 3.03. The zero-order valence-corrected chi connectivity index (χ0v) is 51.1. The van der Waals surface area contributed by atoms with Gasteiger partial charge >= 0.3 is 123 Å². The van der Waals surface area contributed by atoms with Crippen molar-refractivity contribution in [1.82, 2.24) is 29.9 Å². The van der Waals surface area contributed by atoms with Gasteiger partial charge in [0.25, 0.3) is 0 Å². The van der Waals surface area contributed by atoms with Gasteiger partial charge in [0.05, 0.1) is 22.7 Å². The first-order chi connectivity index (χ1) is 35.4. The van der Waals surface area contributed by atoms with Crippen LogP contribution in [0, 0.1) is 0 Å². The fourth-order valence-electron chi connectivity index (χ4n) is 7.66. The van der Waals surface area contributed by atoms with Gasteiger partial charge in [-0.1, -0.05) is 182 Å². The molecule has 0 aliphatic carbocycles. The molecule has 0 radical (unpaired) electrons. The van der Waals surface area contributed by atoms with E-state index >= 15 is 0 Å². The molecule has 8 aromatic carbocycles. The predicted molar refractivity (Wildman–Crippen MR) is 284 cm³/mol. The summed E-state index contributed by atoms with van der Waals surface area (Å²) in [5, 5.41) is 15.7. The molecule has 344 valence electrons. The van der Waals surface area contributed by atoms with Crippen LogP contribution in [-0.2, 0) is 15.7 Å². The molecule has 0 saturated heterocycles. The largest absolute Gasteiger partial charge is 0.355 e. The second-order valence-corrected chi connectivity index (χ2v) is 16.3. The number of halogens is 1. The van der Waals surface area contributed by atoms with Crippen LogP contribution >= 0.6 is 19.9 Å². The number of hydrogen-bond donors (Lipinski definition) is 2. The molecule has 0 saturated carbocycles. The maximum absolute atomic E-state index is 8.87. The van der Waals surface area contributed by atoms with E-state index in [-0.39, 0.29) is 56.7 Å². The van der Waals surface area contributed by atoms with Crippen molar-refractivity contribution in [3.8, 4) is 45.6 Å². The number of para-hydroxylation sites is 6. The Kier molecular flexibility index (Phi) is 23.1. The van der Waals surface area contributed by atoms with Crippen LogP contribution in [0.3, 0.4) is 0 Å². The standard InChI is InChI=1S/C27H19N5.C15H10ClN3.C13H11N.3K.HO4P/c1-3-11-19(12-4-1)25-29-26(20-13-5-2-6-14-20)31-27(30-25)32-23-17-9-7-15-21(23)28-22-16-8-10-18-24(22)32;16-15-18-13(11-7-3-1-4-8-11)17-14(19-15)12-9-5-2-6-10-12;1-3-7-12-10(5-1)9-11-6-2-4-8-13(11)14-12;;;;1-4-5(2)3/h1-18,28H;1-10H;1-8,14H,9H2;;;;1H/q;;;;;+1;/p-1. The molecular weight excluding hydrogens is 1030 g/mol. The van der Waals surface area contributed by atoms with Crippen LogP contribution in [0.4, 0.5) is 40.1 Å². The molecule has 2 N–H and O–H groups in total. The quantitative estimate of drug-likeness (QED) is 0.0703. The Hall–Kier alpha value is -3.64. The van der Waals surface area contributed by atoms with Crippen molar-refractivity contribution < 1.29 is 70.8 Å². The van der Waals surface area contributed by atoms with Gasteiger partial charge in [0.1, 0.15) is 0 Å². The van der Waals surface area contributed by atoms with Gasteiger partial charge in [-0.3, -0.25) is 4.90 Å². The van der Waals surface area contributed by atoms with E-state index in [1.165, 1.54) is 85.7 Å². The molecule has 1 atom stereocenters. The van der Waals surface area contributed by atoms with Crippen LogP contribution in [0.25, 0.3) is 45.6 Å². The van der Waals surface area contributed by atoms with Crippen molar-refractivity contribution >= 4 is 123 Å². The van der Waals surface area contributed by atoms with Gasteiger partial charge in [0.15, 0.2) is 23.3 Å².